The van der Waals surface area contributed by atoms with Gasteiger partial charge in [0.15, 0.2) is 9.84 Å². The predicted octanol–water partition coefficient (Wildman–Crippen LogP) is 0.967. The second-order valence-corrected chi connectivity index (χ2v) is 9.29. The molecule has 0 amide bonds. The van der Waals surface area contributed by atoms with E-state index in [1.165, 1.54) is 18.2 Å². The Labute approximate surface area is 126 Å². The molecule has 116 valence electrons. The molecule has 0 spiro atoms. The zero-order valence-electron chi connectivity index (χ0n) is 10.6. The van der Waals surface area contributed by atoms with Gasteiger partial charge in [0, 0.05) is 5.02 Å². The van der Waals surface area contributed by atoms with E-state index in [2.05, 4.69) is 4.72 Å². The number of halogens is 1. The first-order valence-electron chi connectivity index (χ1n) is 5.86. The van der Waals surface area contributed by atoms with Crippen molar-refractivity contribution in [2.24, 2.45) is 0 Å². The normalized spacial score (nSPS) is 21.1. The summed E-state index contributed by atoms with van der Waals surface area (Å²) < 4.78 is 49.2. The SMILES string of the molecule is O=C(O)c1ccc(Cl)cc1NS(=O)(=O)C1CCS(=O)(=O)C1. The molecule has 1 fully saturated rings. The van der Waals surface area contributed by atoms with Gasteiger partial charge in [0.25, 0.3) is 0 Å². The van der Waals surface area contributed by atoms with Gasteiger partial charge in [0.2, 0.25) is 10.0 Å². The van der Waals surface area contributed by atoms with E-state index in [-0.39, 0.29) is 28.4 Å². The number of anilines is 1. The van der Waals surface area contributed by atoms with Crippen LogP contribution in [0.1, 0.15) is 16.8 Å². The number of rotatable bonds is 4. The van der Waals surface area contributed by atoms with E-state index in [9.17, 15) is 21.6 Å². The van der Waals surface area contributed by atoms with Crippen molar-refractivity contribution in [2.45, 2.75) is 11.7 Å². The number of aromatic carboxylic acids is 1. The quantitative estimate of drug-likeness (QED) is 0.832. The van der Waals surface area contributed by atoms with Crippen molar-refractivity contribution in [3.05, 3.63) is 28.8 Å². The Morgan fingerprint density at radius 3 is 2.57 bits per heavy atom. The third-order valence-corrected chi connectivity index (χ3v) is 7.09. The third-order valence-electron chi connectivity index (χ3n) is 3.09. The molecule has 1 unspecified atom stereocenters. The predicted molar refractivity (Wildman–Crippen MR) is 78.0 cm³/mol. The average Bonchev–Trinajstić information content (AvgIpc) is 2.69. The maximum absolute atomic E-state index is 12.2. The van der Waals surface area contributed by atoms with Gasteiger partial charge in [0.1, 0.15) is 0 Å². The Balaban J connectivity index is 2.33. The van der Waals surface area contributed by atoms with Crippen molar-refractivity contribution in [2.75, 3.05) is 16.2 Å². The Hall–Kier alpha value is -1.32. The number of benzene rings is 1. The van der Waals surface area contributed by atoms with Crippen LogP contribution in [0.2, 0.25) is 5.02 Å². The molecule has 0 bridgehead atoms. The fourth-order valence-electron chi connectivity index (χ4n) is 2.03. The van der Waals surface area contributed by atoms with Gasteiger partial charge >= 0.3 is 5.97 Å². The van der Waals surface area contributed by atoms with Crippen molar-refractivity contribution in [1.29, 1.82) is 0 Å². The molecule has 1 aromatic rings. The zero-order valence-corrected chi connectivity index (χ0v) is 13.0. The fourth-order valence-corrected chi connectivity index (χ4v) is 6.30. The van der Waals surface area contributed by atoms with E-state index in [0.29, 0.717) is 0 Å². The van der Waals surface area contributed by atoms with Crippen LogP contribution in [-0.2, 0) is 19.9 Å². The summed E-state index contributed by atoms with van der Waals surface area (Å²) in [5.41, 5.74) is -0.442. The largest absolute Gasteiger partial charge is 0.478 e. The topological polar surface area (TPSA) is 118 Å². The highest BCUT2D eigenvalue weighted by atomic mass is 35.5. The highest BCUT2D eigenvalue weighted by molar-refractivity contribution is 7.97. The molecule has 1 aliphatic heterocycles. The van der Waals surface area contributed by atoms with Crippen LogP contribution in [0.15, 0.2) is 18.2 Å². The lowest BCUT2D eigenvalue weighted by Crippen LogP contribution is -2.29. The van der Waals surface area contributed by atoms with Crippen LogP contribution in [0.3, 0.4) is 0 Å². The smallest absolute Gasteiger partial charge is 0.337 e. The Morgan fingerprint density at radius 1 is 1.38 bits per heavy atom. The summed E-state index contributed by atoms with van der Waals surface area (Å²) in [5, 5.41) is 8.10. The molecule has 0 saturated carbocycles. The molecule has 1 saturated heterocycles. The Morgan fingerprint density at radius 2 is 2.05 bits per heavy atom. The second-order valence-electron chi connectivity index (χ2n) is 4.67. The molecule has 0 aliphatic carbocycles. The Kier molecular flexibility index (Phi) is 4.18. The van der Waals surface area contributed by atoms with E-state index in [1.807, 2.05) is 0 Å². The summed E-state index contributed by atoms with van der Waals surface area (Å²) in [5.74, 6) is -1.98. The van der Waals surface area contributed by atoms with Crippen molar-refractivity contribution in [1.82, 2.24) is 0 Å². The third kappa shape index (κ3) is 3.66. The van der Waals surface area contributed by atoms with Crippen LogP contribution in [0.25, 0.3) is 0 Å². The summed E-state index contributed by atoms with van der Waals surface area (Å²) in [6.07, 6.45) is -0.0133. The van der Waals surface area contributed by atoms with Gasteiger partial charge in [-0.05, 0) is 24.6 Å². The lowest BCUT2D eigenvalue weighted by molar-refractivity contribution is 0.0698. The zero-order chi connectivity index (χ0) is 15.8. The molecule has 10 heteroatoms. The van der Waals surface area contributed by atoms with E-state index in [0.717, 1.165) is 0 Å². The number of sulfone groups is 1. The second kappa shape index (κ2) is 5.47. The standard InChI is InChI=1S/C11H12ClNO6S2/c12-7-1-2-9(11(14)15)10(5-7)13-21(18,19)8-3-4-20(16,17)6-8/h1-2,5,8,13H,3-4,6H2,(H,14,15). The number of hydrogen-bond donors (Lipinski definition) is 2. The van der Waals surface area contributed by atoms with Gasteiger partial charge in [-0.2, -0.15) is 0 Å². The minimum Gasteiger partial charge on any atom is -0.478 e. The Bertz CT molecular complexity index is 787. The van der Waals surface area contributed by atoms with Gasteiger partial charge in [0.05, 0.1) is 28.0 Å². The first kappa shape index (κ1) is 16.1. The molecular weight excluding hydrogens is 342 g/mol. The maximum atomic E-state index is 12.2. The van der Waals surface area contributed by atoms with Crippen LogP contribution in [-0.4, -0.2) is 44.7 Å². The van der Waals surface area contributed by atoms with Crippen molar-refractivity contribution in [3.8, 4) is 0 Å². The average molecular weight is 354 g/mol. The van der Waals surface area contributed by atoms with E-state index in [4.69, 9.17) is 16.7 Å². The molecule has 1 aliphatic rings. The first-order valence-corrected chi connectivity index (χ1v) is 9.60. The van der Waals surface area contributed by atoms with Crippen molar-refractivity contribution < 1.29 is 26.7 Å². The molecule has 1 heterocycles. The van der Waals surface area contributed by atoms with Crippen molar-refractivity contribution in [3.63, 3.8) is 0 Å². The van der Waals surface area contributed by atoms with Gasteiger partial charge < -0.3 is 5.11 Å². The highest BCUT2D eigenvalue weighted by Crippen LogP contribution is 2.26. The lowest BCUT2D eigenvalue weighted by Gasteiger charge is -2.14. The molecule has 1 aromatic carbocycles. The first-order chi connectivity index (χ1) is 9.61. The van der Waals surface area contributed by atoms with E-state index < -0.39 is 36.8 Å². The summed E-state index contributed by atoms with van der Waals surface area (Å²) in [6, 6.07) is 3.67. The minimum atomic E-state index is -4.01. The lowest BCUT2D eigenvalue weighted by atomic mass is 10.2. The number of sulfonamides is 1. The molecular formula is C11H12ClNO6S2. The molecule has 0 aromatic heterocycles. The maximum Gasteiger partial charge on any atom is 0.337 e. The molecule has 21 heavy (non-hydrogen) atoms. The van der Waals surface area contributed by atoms with Crippen LogP contribution in [0.4, 0.5) is 5.69 Å². The summed E-state index contributed by atoms with van der Waals surface area (Å²) >= 11 is 5.73. The van der Waals surface area contributed by atoms with Crippen LogP contribution in [0, 0.1) is 0 Å². The number of carboxylic acids is 1. The molecule has 2 rings (SSSR count). The van der Waals surface area contributed by atoms with Crippen LogP contribution < -0.4 is 4.72 Å². The van der Waals surface area contributed by atoms with E-state index in [1.54, 1.807) is 0 Å². The molecule has 0 radical (unpaired) electrons. The monoisotopic (exact) mass is 353 g/mol. The summed E-state index contributed by atoms with van der Waals surface area (Å²) in [6.45, 7) is 0. The van der Waals surface area contributed by atoms with E-state index >= 15 is 0 Å². The minimum absolute atomic E-state index is 0.0133. The van der Waals surface area contributed by atoms with Crippen molar-refractivity contribution >= 4 is 43.1 Å². The molecule has 2 N–H and O–H groups in total. The molecule has 1 atom stereocenters. The highest BCUT2D eigenvalue weighted by Gasteiger charge is 2.37. The van der Waals surface area contributed by atoms with Crippen LogP contribution >= 0.6 is 11.6 Å². The number of carboxylic acid groups (broad SMARTS) is 1. The summed E-state index contributed by atoms with van der Waals surface area (Å²) in [4.78, 5) is 11.1. The number of nitrogens with one attached hydrogen (secondary N) is 1. The number of hydrogen-bond acceptors (Lipinski definition) is 5. The van der Waals surface area contributed by atoms with Gasteiger partial charge in [-0.15, -0.1) is 0 Å². The summed E-state index contributed by atoms with van der Waals surface area (Å²) in [7, 11) is -7.38. The van der Waals surface area contributed by atoms with Gasteiger partial charge in [-0.25, -0.2) is 21.6 Å². The fraction of sp³-hybridized carbons (Fsp3) is 0.364. The van der Waals surface area contributed by atoms with Crippen LogP contribution in [0.5, 0.6) is 0 Å². The van der Waals surface area contributed by atoms with Gasteiger partial charge in [-0.3, -0.25) is 4.72 Å². The molecule has 7 nitrogen and oxygen atoms in total. The van der Waals surface area contributed by atoms with Gasteiger partial charge in [-0.1, -0.05) is 11.6 Å². The number of carbonyl (C=O) groups is 1.